The van der Waals surface area contributed by atoms with Crippen molar-refractivity contribution >= 4 is 16.8 Å². The normalized spacial score (nSPS) is 11.9. The maximum atomic E-state index is 12.8. The Hall–Kier alpha value is -3.65. The molecule has 4 aromatic rings. The van der Waals surface area contributed by atoms with E-state index in [1.165, 1.54) is 4.57 Å². The smallest absolute Gasteiger partial charge is 0.274 e. The maximum absolute atomic E-state index is 12.8. The number of aromatic nitrogens is 4. The Balaban J connectivity index is 1.91. The highest BCUT2D eigenvalue weighted by molar-refractivity contribution is 6.02. The van der Waals surface area contributed by atoms with Crippen LogP contribution >= 0.6 is 0 Å². The molecule has 8 nitrogen and oxygen atoms in total. The number of carbonyl (C=O) groups is 1. The Labute approximate surface area is 198 Å². The predicted octanol–water partition coefficient (Wildman–Crippen LogP) is 3.37. The fourth-order valence-corrected chi connectivity index (χ4v) is 4.33. The molecule has 0 saturated carbocycles. The number of nitrogens with one attached hydrogen (secondary N) is 2. The lowest BCUT2D eigenvalue weighted by Crippen LogP contribution is -2.23. The molecule has 4 rings (SSSR count). The minimum absolute atomic E-state index is 0.230. The fourth-order valence-electron chi connectivity index (χ4n) is 4.33. The first kappa shape index (κ1) is 23.5. The molecular formula is C26H31N5O3. The molecule has 0 aliphatic carbocycles. The van der Waals surface area contributed by atoms with Gasteiger partial charge in [-0.3, -0.25) is 14.3 Å². The molecule has 1 amide bonds. The lowest BCUT2D eigenvalue weighted by atomic mass is 10.0. The van der Waals surface area contributed by atoms with Crippen LogP contribution in [0.1, 0.15) is 53.6 Å². The lowest BCUT2D eigenvalue weighted by molar-refractivity contribution is 0.0688. The first-order valence-corrected chi connectivity index (χ1v) is 11.4. The quantitative estimate of drug-likeness (QED) is 0.409. The van der Waals surface area contributed by atoms with Gasteiger partial charge in [0.2, 0.25) is 0 Å². The van der Waals surface area contributed by atoms with Crippen molar-refractivity contribution in [2.24, 2.45) is 7.05 Å². The Bertz CT molecular complexity index is 1430. The van der Waals surface area contributed by atoms with Crippen LogP contribution in [0.4, 0.5) is 0 Å². The summed E-state index contributed by atoms with van der Waals surface area (Å²) in [7, 11) is 1.67. The average Bonchev–Trinajstić information content (AvgIpc) is 3.39. The molecule has 0 aliphatic heterocycles. The van der Waals surface area contributed by atoms with Crippen molar-refractivity contribution in [2.75, 3.05) is 6.54 Å². The highest BCUT2D eigenvalue weighted by atomic mass is 16.3. The Morgan fingerprint density at radius 2 is 1.88 bits per heavy atom. The third-order valence-electron chi connectivity index (χ3n) is 6.18. The van der Waals surface area contributed by atoms with Crippen LogP contribution < -0.4 is 10.9 Å². The van der Waals surface area contributed by atoms with Crippen LogP contribution in [0.25, 0.3) is 22.2 Å². The lowest BCUT2D eigenvalue weighted by Gasteiger charge is -2.20. The molecule has 0 aliphatic rings. The summed E-state index contributed by atoms with van der Waals surface area (Å²) in [5.74, 6) is -0.274. The second-order valence-corrected chi connectivity index (χ2v) is 9.29. The zero-order chi connectivity index (χ0) is 24.8. The molecule has 178 valence electrons. The van der Waals surface area contributed by atoms with E-state index in [2.05, 4.69) is 36.3 Å². The number of aromatic amines is 1. The summed E-state index contributed by atoms with van der Waals surface area (Å²) in [5, 5.41) is 19.2. The van der Waals surface area contributed by atoms with Crippen LogP contribution in [0, 0.1) is 13.8 Å². The molecule has 0 spiro atoms. The number of hydrogen-bond donors (Lipinski definition) is 3. The van der Waals surface area contributed by atoms with E-state index >= 15 is 0 Å². The van der Waals surface area contributed by atoms with Crippen LogP contribution in [-0.4, -0.2) is 36.9 Å². The monoisotopic (exact) mass is 461 g/mol. The minimum Gasteiger partial charge on any atom is -0.384 e. The average molecular weight is 462 g/mol. The number of aryl methyl sites for hydroxylation is 3. The molecule has 3 N–H and O–H groups in total. The summed E-state index contributed by atoms with van der Waals surface area (Å²) >= 11 is 0. The van der Waals surface area contributed by atoms with Gasteiger partial charge in [-0.05, 0) is 63.4 Å². The van der Waals surface area contributed by atoms with Crippen molar-refractivity contribution in [3.8, 4) is 11.3 Å². The molecule has 8 heteroatoms. The van der Waals surface area contributed by atoms with E-state index < -0.39 is 5.60 Å². The van der Waals surface area contributed by atoms with Gasteiger partial charge in [0.1, 0.15) is 16.8 Å². The maximum Gasteiger partial charge on any atom is 0.274 e. The van der Waals surface area contributed by atoms with Gasteiger partial charge in [0.25, 0.3) is 11.5 Å². The van der Waals surface area contributed by atoms with E-state index in [0.717, 1.165) is 16.7 Å². The van der Waals surface area contributed by atoms with Gasteiger partial charge in [0.15, 0.2) is 0 Å². The van der Waals surface area contributed by atoms with Crippen LogP contribution in [0.15, 0.2) is 41.3 Å². The fraction of sp³-hybridized carbons (Fsp3) is 0.346. The largest absolute Gasteiger partial charge is 0.384 e. The summed E-state index contributed by atoms with van der Waals surface area (Å²) in [6.45, 7) is 10.4. The highest BCUT2D eigenvalue weighted by Crippen LogP contribution is 2.31. The third kappa shape index (κ3) is 4.17. The van der Waals surface area contributed by atoms with Crippen molar-refractivity contribution < 1.29 is 9.90 Å². The van der Waals surface area contributed by atoms with Gasteiger partial charge in [0, 0.05) is 30.7 Å². The molecule has 0 atom stereocenters. The van der Waals surface area contributed by atoms with Gasteiger partial charge >= 0.3 is 0 Å². The molecular weight excluding hydrogens is 430 g/mol. The number of fused-ring (bicyclic) bond motifs is 1. The number of amides is 1. The summed E-state index contributed by atoms with van der Waals surface area (Å²) in [4.78, 5) is 28.2. The van der Waals surface area contributed by atoms with Crippen molar-refractivity contribution in [3.05, 3.63) is 75.0 Å². The second-order valence-electron chi connectivity index (χ2n) is 9.29. The predicted molar refractivity (Wildman–Crippen MR) is 133 cm³/mol. The molecule has 0 unspecified atom stereocenters. The van der Waals surface area contributed by atoms with E-state index in [1.54, 1.807) is 33.2 Å². The molecule has 0 radical (unpaired) electrons. The number of aliphatic hydroxyl groups is 1. The van der Waals surface area contributed by atoms with E-state index in [0.29, 0.717) is 46.6 Å². The minimum atomic E-state index is -1.13. The van der Waals surface area contributed by atoms with Crippen LogP contribution in [0.2, 0.25) is 0 Å². The van der Waals surface area contributed by atoms with Gasteiger partial charge in [-0.15, -0.1) is 0 Å². The van der Waals surface area contributed by atoms with Crippen molar-refractivity contribution in [1.29, 1.82) is 0 Å². The SMILES string of the molecule is CCNC(=O)c1cc2c(-c3cc(C(C)(C)O)n(Cc4c(C)cccc4C)n3)cn(C)c(=O)c2[nH]1. The standard InChI is InChI=1S/C26H31N5O3/c1-7-27-24(32)21-11-17-19(13-30(6)25(33)23(17)28-21)20-12-22(26(4,5)34)31(29-20)14-18-15(2)9-8-10-16(18)3/h8-13,28,34H,7,14H2,1-6H3,(H,27,32). The number of carbonyl (C=O) groups excluding carboxylic acids is 1. The van der Waals surface area contributed by atoms with Crippen molar-refractivity contribution in [1.82, 2.24) is 24.6 Å². The number of H-pyrrole nitrogens is 1. The van der Waals surface area contributed by atoms with Crippen LogP contribution in [0.5, 0.6) is 0 Å². The van der Waals surface area contributed by atoms with Crippen molar-refractivity contribution in [2.45, 2.75) is 46.8 Å². The van der Waals surface area contributed by atoms with Gasteiger partial charge in [-0.25, -0.2) is 0 Å². The van der Waals surface area contributed by atoms with E-state index in [4.69, 9.17) is 5.10 Å². The van der Waals surface area contributed by atoms with Gasteiger partial charge in [-0.1, -0.05) is 18.2 Å². The molecule has 34 heavy (non-hydrogen) atoms. The summed E-state index contributed by atoms with van der Waals surface area (Å²) in [6, 6.07) is 9.70. The van der Waals surface area contributed by atoms with Crippen LogP contribution in [0.3, 0.4) is 0 Å². The summed E-state index contributed by atoms with van der Waals surface area (Å²) < 4.78 is 3.29. The Morgan fingerprint density at radius 1 is 1.21 bits per heavy atom. The number of nitrogens with zero attached hydrogens (tertiary/aromatic N) is 3. The Morgan fingerprint density at radius 3 is 2.50 bits per heavy atom. The number of rotatable bonds is 6. The molecule has 0 fully saturated rings. The van der Waals surface area contributed by atoms with Crippen molar-refractivity contribution in [3.63, 3.8) is 0 Å². The van der Waals surface area contributed by atoms with E-state index in [9.17, 15) is 14.7 Å². The Kier molecular flexibility index (Phi) is 5.95. The first-order chi connectivity index (χ1) is 16.0. The molecule has 0 saturated heterocycles. The van der Waals surface area contributed by atoms with E-state index in [1.807, 2.05) is 23.7 Å². The van der Waals surface area contributed by atoms with Crippen LogP contribution in [-0.2, 0) is 19.2 Å². The molecule has 0 bridgehead atoms. The van der Waals surface area contributed by atoms with E-state index in [-0.39, 0.29) is 11.5 Å². The topological polar surface area (TPSA) is 105 Å². The zero-order valence-corrected chi connectivity index (χ0v) is 20.5. The zero-order valence-electron chi connectivity index (χ0n) is 20.5. The molecule has 3 aromatic heterocycles. The second kappa shape index (κ2) is 8.61. The number of benzene rings is 1. The first-order valence-electron chi connectivity index (χ1n) is 11.4. The molecule has 1 aromatic carbocycles. The van der Waals surface area contributed by atoms with Gasteiger partial charge < -0.3 is 20.0 Å². The van der Waals surface area contributed by atoms with Gasteiger partial charge in [-0.2, -0.15) is 5.10 Å². The third-order valence-corrected chi connectivity index (χ3v) is 6.18. The molecule has 3 heterocycles. The highest BCUT2D eigenvalue weighted by Gasteiger charge is 2.26. The van der Waals surface area contributed by atoms with Gasteiger partial charge in [0.05, 0.1) is 17.9 Å². The number of hydrogen-bond acceptors (Lipinski definition) is 4. The summed E-state index contributed by atoms with van der Waals surface area (Å²) in [5.41, 5.74) is 4.73. The summed E-state index contributed by atoms with van der Waals surface area (Å²) in [6.07, 6.45) is 1.72. The number of pyridine rings is 1.